The van der Waals surface area contributed by atoms with Crippen LogP contribution in [0.25, 0.3) is 0 Å². The molecule has 0 saturated heterocycles. The maximum Gasteiger partial charge on any atom is 0.387 e. The van der Waals surface area contributed by atoms with E-state index in [4.69, 9.17) is 0 Å². The van der Waals surface area contributed by atoms with Gasteiger partial charge in [-0.3, -0.25) is 4.72 Å². The predicted molar refractivity (Wildman–Crippen MR) is 84.5 cm³/mol. The van der Waals surface area contributed by atoms with Crippen molar-refractivity contribution in [1.29, 1.82) is 0 Å². The Morgan fingerprint density at radius 3 is 2.22 bits per heavy atom. The zero-order chi connectivity index (χ0) is 17.2. The van der Waals surface area contributed by atoms with Gasteiger partial charge < -0.3 is 4.74 Å². The van der Waals surface area contributed by atoms with E-state index in [-0.39, 0.29) is 16.3 Å². The highest BCUT2D eigenvalue weighted by Crippen LogP contribution is 2.30. The van der Waals surface area contributed by atoms with Crippen LogP contribution in [0.1, 0.15) is 16.7 Å². The lowest BCUT2D eigenvalue weighted by molar-refractivity contribution is -0.0493. The lowest BCUT2D eigenvalue weighted by Gasteiger charge is -2.15. The third-order valence-corrected chi connectivity index (χ3v) is 4.74. The zero-order valence-corrected chi connectivity index (χ0v) is 13.7. The summed E-state index contributed by atoms with van der Waals surface area (Å²) in [5.74, 6) is -0.223. The summed E-state index contributed by atoms with van der Waals surface area (Å²) in [4.78, 5) is 0.0904. The normalized spacial score (nSPS) is 11.6. The standard InChI is InChI=1S/C16H17F2NO3S/c1-10-5-7-15(12(3)8-10)23(20,21)19-13-9-11(2)4-6-14(13)22-16(17)18/h4-9,16,19H,1-3H3. The van der Waals surface area contributed by atoms with Crippen molar-refractivity contribution in [2.45, 2.75) is 32.3 Å². The van der Waals surface area contributed by atoms with E-state index in [1.807, 2.05) is 6.92 Å². The van der Waals surface area contributed by atoms with Crippen LogP contribution in [-0.2, 0) is 10.0 Å². The third-order valence-electron chi connectivity index (χ3n) is 3.22. The Labute approximate surface area is 134 Å². The number of ether oxygens (including phenoxy) is 1. The number of hydrogen-bond donors (Lipinski definition) is 1. The summed E-state index contributed by atoms with van der Waals surface area (Å²) < 4.78 is 56.7. The lowest BCUT2D eigenvalue weighted by Crippen LogP contribution is -2.16. The Kier molecular flexibility index (Phi) is 4.89. The minimum absolute atomic E-state index is 0.0229. The number of alkyl halides is 2. The molecule has 0 spiro atoms. The maximum atomic E-state index is 12.5. The summed E-state index contributed by atoms with van der Waals surface area (Å²) in [7, 11) is -3.91. The molecule has 124 valence electrons. The molecule has 0 aliphatic carbocycles. The summed E-state index contributed by atoms with van der Waals surface area (Å²) in [6.45, 7) is 2.21. The van der Waals surface area contributed by atoms with E-state index in [2.05, 4.69) is 9.46 Å². The van der Waals surface area contributed by atoms with Gasteiger partial charge in [-0.05, 0) is 50.1 Å². The van der Waals surface area contributed by atoms with Gasteiger partial charge in [0.15, 0.2) is 0 Å². The Morgan fingerprint density at radius 1 is 1.00 bits per heavy atom. The average molecular weight is 341 g/mol. The van der Waals surface area contributed by atoms with Gasteiger partial charge in [-0.25, -0.2) is 8.42 Å². The summed E-state index contributed by atoms with van der Waals surface area (Å²) >= 11 is 0. The van der Waals surface area contributed by atoms with Gasteiger partial charge in [0.25, 0.3) is 10.0 Å². The number of hydrogen-bond acceptors (Lipinski definition) is 3. The Hall–Kier alpha value is -2.15. The molecule has 0 unspecified atom stereocenters. The number of aryl methyl sites for hydroxylation is 3. The van der Waals surface area contributed by atoms with E-state index in [0.29, 0.717) is 11.1 Å². The van der Waals surface area contributed by atoms with E-state index in [0.717, 1.165) is 5.56 Å². The molecule has 0 fully saturated rings. The quantitative estimate of drug-likeness (QED) is 0.894. The third kappa shape index (κ3) is 4.19. The summed E-state index contributed by atoms with van der Waals surface area (Å²) in [6, 6.07) is 9.21. The van der Waals surface area contributed by atoms with Crippen molar-refractivity contribution < 1.29 is 21.9 Å². The predicted octanol–water partition coefficient (Wildman–Crippen LogP) is 4.01. The van der Waals surface area contributed by atoms with Gasteiger partial charge in [0.1, 0.15) is 5.75 Å². The second-order valence-electron chi connectivity index (χ2n) is 5.25. The number of benzene rings is 2. The van der Waals surface area contributed by atoms with Crippen molar-refractivity contribution in [3.05, 3.63) is 53.1 Å². The van der Waals surface area contributed by atoms with Crippen LogP contribution in [-0.4, -0.2) is 15.0 Å². The molecule has 0 aliphatic heterocycles. The lowest BCUT2D eigenvalue weighted by atomic mass is 10.2. The number of sulfonamides is 1. The van der Waals surface area contributed by atoms with Crippen molar-refractivity contribution in [1.82, 2.24) is 0 Å². The highest BCUT2D eigenvalue weighted by atomic mass is 32.2. The van der Waals surface area contributed by atoms with Gasteiger partial charge in [-0.2, -0.15) is 8.78 Å². The first-order valence-electron chi connectivity index (χ1n) is 6.84. The molecule has 0 radical (unpaired) electrons. The van der Waals surface area contributed by atoms with Crippen molar-refractivity contribution >= 4 is 15.7 Å². The summed E-state index contributed by atoms with van der Waals surface area (Å²) in [5, 5.41) is 0. The van der Waals surface area contributed by atoms with Crippen molar-refractivity contribution in [2.24, 2.45) is 0 Å². The highest BCUT2D eigenvalue weighted by molar-refractivity contribution is 7.92. The van der Waals surface area contributed by atoms with E-state index in [1.165, 1.54) is 18.2 Å². The van der Waals surface area contributed by atoms with Gasteiger partial charge >= 0.3 is 6.61 Å². The summed E-state index contributed by atoms with van der Waals surface area (Å²) in [5.41, 5.74) is 2.19. The van der Waals surface area contributed by atoms with Gasteiger partial charge in [0.05, 0.1) is 10.6 Å². The molecule has 2 rings (SSSR count). The second kappa shape index (κ2) is 6.54. The smallest absolute Gasteiger partial charge is 0.387 e. The fourth-order valence-electron chi connectivity index (χ4n) is 2.22. The fraction of sp³-hybridized carbons (Fsp3) is 0.250. The second-order valence-corrected chi connectivity index (χ2v) is 6.90. The molecule has 1 N–H and O–H groups in total. The molecule has 4 nitrogen and oxygen atoms in total. The molecule has 7 heteroatoms. The van der Waals surface area contributed by atoms with Crippen molar-refractivity contribution in [3.8, 4) is 5.75 Å². The van der Waals surface area contributed by atoms with Crippen LogP contribution in [0.15, 0.2) is 41.3 Å². The van der Waals surface area contributed by atoms with Crippen molar-refractivity contribution in [3.63, 3.8) is 0 Å². The molecule has 0 aliphatic rings. The monoisotopic (exact) mass is 341 g/mol. The Morgan fingerprint density at radius 2 is 1.61 bits per heavy atom. The Balaban J connectivity index is 2.42. The van der Waals surface area contributed by atoms with Crippen LogP contribution in [0.3, 0.4) is 0 Å². The van der Waals surface area contributed by atoms with Gasteiger partial charge in [0.2, 0.25) is 0 Å². The first-order valence-corrected chi connectivity index (χ1v) is 8.33. The molecule has 0 heterocycles. The van der Waals surface area contributed by atoms with Gasteiger partial charge in [-0.1, -0.05) is 23.8 Å². The number of rotatable bonds is 5. The maximum absolute atomic E-state index is 12.5. The molecule has 0 bridgehead atoms. The molecule has 2 aromatic rings. The van der Waals surface area contributed by atoms with Crippen LogP contribution < -0.4 is 9.46 Å². The van der Waals surface area contributed by atoms with Crippen LogP contribution in [0, 0.1) is 20.8 Å². The first-order chi connectivity index (χ1) is 10.7. The SMILES string of the molecule is Cc1ccc(S(=O)(=O)Nc2cc(C)ccc2OC(F)F)c(C)c1. The van der Waals surface area contributed by atoms with Gasteiger partial charge in [-0.15, -0.1) is 0 Å². The van der Waals surface area contributed by atoms with Crippen molar-refractivity contribution in [2.75, 3.05) is 4.72 Å². The first kappa shape index (κ1) is 17.2. The van der Waals surface area contributed by atoms with Crippen LogP contribution >= 0.6 is 0 Å². The topological polar surface area (TPSA) is 55.4 Å². The van der Waals surface area contributed by atoms with Crippen LogP contribution in [0.2, 0.25) is 0 Å². The molecule has 0 aromatic heterocycles. The minimum Gasteiger partial charge on any atom is -0.433 e. The van der Waals surface area contributed by atoms with Crippen LogP contribution in [0.5, 0.6) is 5.75 Å². The largest absolute Gasteiger partial charge is 0.433 e. The number of halogens is 2. The summed E-state index contributed by atoms with van der Waals surface area (Å²) in [6.07, 6.45) is 0. The minimum atomic E-state index is -3.91. The van der Waals surface area contributed by atoms with E-state index in [9.17, 15) is 17.2 Å². The highest BCUT2D eigenvalue weighted by Gasteiger charge is 2.20. The molecular formula is C16H17F2NO3S. The molecule has 23 heavy (non-hydrogen) atoms. The van der Waals surface area contributed by atoms with E-state index in [1.54, 1.807) is 32.0 Å². The van der Waals surface area contributed by atoms with E-state index >= 15 is 0 Å². The molecular weight excluding hydrogens is 324 g/mol. The fourth-order valence-corrected chi connectivity index (χ4v) is 3.51. The number of anilines is 1. The Bertz CT molecular complexity index is 820. The molecule has 0 saturated carbocycles. The number of nitrogens with one attached hydrogen (secondary N) is 1. The molecule has 2 aromatic carbocycles. The molecule has 0 amide bonds. The van der Waals surface area contributed by atoms with Gasteiger partial charge in [0, 0.05) is 0 Å². The van der Waals surface area contributed by atoms with E-state index < -0.39 is 16.6 Å². The molecule has 0 atom stereocenters. The zero-order valence-electron chi connectivity index (χ0n) is 12.9. The average Bonchev–Trinajstić information content (AvgIpc) is 2.40. The van der Waals surface area contributed by atoms with Crippen LogP contribution in [0.4, 0.5) is 14.5 Å².